The van der Waals surface area contributed by atoms with Crippen LogP contribution in [-0.2, 0) is 22.6 Å². The van der Waals surface area contributed by atoms with E-state index in [0.29, 0.717) is 35.3 Å². The fourth-order valence-corrected chi connectivity index (χ4v) is 2.94. The first-order valence-corrected chi connectivity index (χ1v) is 8.67. The molecule has 2 heterocycles. The van der Waals surface area contributed by atoms with Gasteiger partial charge in [-0.2, -0.15) is 4.98 Å². The maximum atomic E-state index is 12.4. The minimum absolute atomic E-state index is 0.132. The molecule has 0 saturated carbocycles. The highest BCUT2D eigenvalue weighted by atomic mass is 16.5. The normalized spacial score (nSPS) is 16.5. The van der Waals surface area contributed by atoms with E-state index in [0.717, 1.165) is 0 Å². The summed E-state index contributed by atoms with van der Waals surface area (Å²) in [4.78, 5) is 30.6. The van der Waals surface area contributed by atoms with Crippen LogP contribution in [0, 0.1) is 5.92 Å². The summed E-state index contributed by atoms with van der Waals surface area (Å²) in [5.41, 5.74) is 0.615. The number of nitrogens with zero attached hydrogens (tertiary/aromatic N) is 3. The van der Waals surface area contributed by atoms with Gasteiger partial charge in [-0.3, -0.25) is 9.59 Å². The van der Waals surface area contributed by atoms with Crippen molar-refractivity contribution in [3.63, 3.8) is 0 Å². The lowest BCUT2D eigenvalue weighted by Gasteiger charge is -2.20. The molecular formula is C18H22N4O5. The van der Waals surface area contributed by atoms with E-state index in [4.69, 9.17) is 14.0 Å². The number of carbonyl (C=O) groups is 2. The minimum atomic E-state index is -0.457. The molecule has 1 aromatic heterocycles. The summed E-state index contributed by atoms with van der Waals surface area (Å²) >= 11 is 0. The van der Waals surface area contributed by atoms with Gasteiger partial charge < -0.3 is 24.2 Å². The first-order chi connectivity index (χ1) is 13.0. The summed E-state index contributed by atoms with van der Waals surface area (Å²) in [6.45, 7) is 2.35. The van der Waals surface area contributed by atoms with E-state index in [1.807, 2.05) is 6.92 Å². The SMILES string of the molecule is CCc1nc(CNC(=O)[C@H]2CC(=O)N(c3ccc(OC)cc3OC)C2)no1. The average Bonchev–Trinajstić information content (AvgIpc) is 3.32. The van der Waals surface area contributed by atoms with Crippen LogP contribution in [-0.4, -0.2) is 42.7 Å². The second-order valence-corrected chi connectivity index (χ2v) is 6.12. The second kappa shape index (κ2) is 8.07. The number of benzene rings is 1. The highest BCUT2D eigenvalue weighted by Gasteiger charge is 2.36. The van der Waals surface area contributed by atoms with Gasteiger partial charge in [-0.25, -0.2) is 0 Å². The molecule has 2 amide bonds. The molecule has 1 N–H and O–H groups in total. The molecule has 2 aromatic rings. The molecule has 1 aliphatic heterocycles. The van der Waals surface area contributed by atoms with E-state index < -0.39 is 5.92 Å². The van der Waals surface area contributed by atoms with Gasteiger partial charge in [0, 0.05) is 25.5 Å². The molecule has 144 valence electrons. The maximum absolute atomic E-state index is 12.4. The predicted octanol–water partition coefficient (Wildman–Crippen LogP) is 1.32. The molecule has 1 saturated heterocycles. The number of hydrogen-bond acceptors (Lipinski definition) is 7. The first-order valence-electron chi connectivity index (χ1n) is 8.67. The van der Waals surface area contributed by atoms with Gasteiger partial charge in [0.25, 0.3) is 0 Å². The molecule has 0 aliphatic carbocycles. The molecule has 0 unspecified atom stereocenters. The van der Waals surface area contributed by atoms with Crippen molar-refractivity contribution < 1.29 is 23.6 Å². The van der Waals surface area contributed by atoms with Crippen LogP contribution in [0.15, 0.2) is 22.7 Å². The number of aryl methyl sites for hydroxylation is 1. The number of nitrogens with one attached hydrogen (secondary N) is 1. The summed E-state index contributed by atoms with van der Waals surface area (Å²) in [7, 11) is 3.08. The number of ether oxygens (including phenoxy) is 2. The molecule has 27 heavy (non-hydrogen) atoms. The molecule has 0 radical (unpaired) electrons. The van der Waals surface area contributed by atoms with Crippen molar-refractivity contribution in [3.8, 4) is 11.5 Å². The average molecular weight is 374 g/mol. The van der Waals surface area contributed by atoms with Crippen molar-refractivity contribution in [3.05, 3.63) is 29.9 Å². The number of rotatable bonds is 7. The molecule has 1 aliphatic rings. The third kappa shape index (κ3) is 4.02. The third-order valence-electron chi connectivity index (χ3n) is 4.41. The van der Waals surface area contributed by atoms with Gasteiger partial charge in [-0.05, 0) is 12.1 Å². The Hall–Kier alpha value is -3.10. The fourth-order valence-electron chi connectivity index (χ4n) is 2.94. The molecule has 9 nitrogen and oxygen atoms in total. The van der Waals surface area contributed by atoms with Gasteiger partial charge in [0.2, 0.25) is 17.7 Å². The van der Waals surface area contributed by atoms with Crippen LogP contribution in [0.1, 0.15) is 25.1 Å². The maximum Gasteiger partial charge on any atom is 0.227 e. The van der Waals surface area contributed by atoms with Crippen LogP contribution in [0.4, 0.5) is 5.69 Å². The summed E-state index contributed by atoms with van der Waals surface area (Å²) < 4.78 is 15.5. The van der Waals surface area contributed by atoms with Crippen molar-refractivity contribution in [1.82, 2.24) is 15.5 Å². The van der Waals surface area contributed by atoms with Gasteiger partial charge in [0.15, 0.2) is 5.82 Å². The number of anilines is 1. The van der Waals surface area contributed by atoms with E-state index in [9.17, 15) is 9.59 Å². The Bertz CT molecular complexity index is 835. The van der Waals surface area contributed by atoms with E-state index in [1.165, 1.54) is 7.11 Å². The van der Waals surface area contributed by atoms with Crippen LogP contribution < -0.4 is 19.7 Å². The van der Waals surface area contributed by atoms with Crippen LogP contribution in [0.25, 0.3) is 0 Å². The zero-order valence-electron chi connectivity index (χ0n) is 15.5. The summed E-state index contributed by atoms with van der Waals surface area (Å²) in [5.74, 6) is 1.27. The van der Waals surface area contributed by atoms with E-state index in [-0.39, 0.29) is 31.3 Å². The Morgan fingerprint density at radius 1 is 1.37 bits per heavy atom. The molecule has 1 fully saturated rings. The minimum Gasteiger partial charge on any atom is -0.497 e. The number of methoxy groups -OCH3 is 2. The van der Waals surface area contributed by atoms with Crippen LogP contribution >= 0.6 is 0 Å². The van der Waals surface area contributed by atoms with Crippen molar-refractivity contribution in [1.29, 1.82) is 0 Å². The Morgan fingerprint density at radius 2 is 2.19 bits per heavy atom. The quantitative estimate of drug-likeness (QED) is 0.779. The van der Waals surface area contributed by atoms with E-state index >= 15 is 0 Å². The van der Waals surface area contributed by atoms with E-state index in [1.54, 1.807) is 30.2 Å². The first kappa shape index (κ1) is 18.7. The van der Waals surface area contributed by atoms with Crippen LogP contribution in [0.5, 0.6) is 11.5 Å². The van der Waals surface area contributed by atoms with Gasteiger partial charge >= 0.3 is 0 Å². The highest BCUT2D eigenvalue weighted by molar-refractivity contribution is 6.01. The number of hydrogen-bond donors (Lipinski definition) is 1. The van der Waals surface area contributed by atoms with Gasteiger partial charge in [-0.1, -0.05) is 12.1 Å². The lowest BCUT2D eigenvalue weighted by Crippen LogP contribution is -2.33. The molecule has 3 rings (SSSR count). The molecule has 1 aromatic carbocycles. The van der Waals surface area contributed by atoms with Gasteiger partial charge in [0.1, 0.15) is 11.5 Å². The second-order valence-electron chi connectivity index (χ2n) is 6.12. The topological polar surface area (TPSA) is 107 Å². The van der Waals surface area contributed by atoms with Crippen molar-refractivity contribution in [2.24, 2.45) is 5.92 Å². The Balaban J connectivity index is 1.65. The zero-order chi connectivity index (χ0) is 19.4. The Morgan fingerprint density at radius 3 is 2.85 bits per heavy atom. The molecular weight excluding hydrogens is 352 g/mol. The predicted molar refractivity (Wildman–Crippen MR) is 95.5 cm³/mol. The number of carbonyl (C=O) groups excluding carboxylic acids is 2. The fraction of sp³-hybridized carbons (Fsp3) is 0.444. The standard InChI is InChI=1S/C18H22N4O5/c1-4-16-20-15(21-27-16)9-19-18(24)11-7-17(23)22(10-11)13-6-5-12(25-2)8-14(13)26-3/h5-6,8,11H,4,7,9-10H2,1-3H3,(H,19,24)/t11-/m0/s1. The number of amides is 2. The Labute approximate surface area is 156 Å². The van der Waals surface area contributed by atoms with E-state index in [2.05, 4.69) is 15.5 Å². The van der Waals surface area contributed by atoms with Crippen molar-refractivity contribution in [2.75, 3.05) is 25.7 Å². The molecule has 1 atom stereocenters. The summed E-state index contributed by atoms with van der Waals surface area (Å²) in [6, 6.07) is 5.21. The van der Waals surface area contributed by atoms with Crippen LogP contribution in [0.3, 0.4) is 0 Å². The lowest BCUT2D eigenvalue weighted by atomic mass is 10.1. The smallest absolute Gasteiger partial charge is 0.227 e. The summed E-state index contributed by atoms with van der Waals surface area (Å²) in [5, 5.41) is 6.56. The largest absolute Gasteiger partial charge is 0.497 e. The Kier molecular flexibility index (Phi) is 5.58. The van der Waals surface area contributed by atoms with Crippen LogP contribution in [0.2, 0.25) is 0 Å². The molecule has 0 bridgehead atoms. The zero-order valence-corrected chi connectivity index (χ0v) is 15.5. The monoisotopic (exact) mass is 374 g/mol. The highest BCUT2D eigenvalue weighted by Crippen LogP contribution is 2.35. The molecule has 9 heteroatoms. The van der Waals surface area contributed by atoms with Gasteiger partial charge in [0.05, 0.1) is 32.4 Å². The number of aromatic nitrogens is 2. The molecule has 0 spiro atoms. The summed E-state index contributed by atoms with van der Waals surface area (Å²) in [6.07, 6.45) is 0.768. The lowest BCUT2D eigenvalue weighted by molar-refractivity contribution is -0.126. The van der Waals surface area contributed by atoms with Crippen molar-refractivity contribution >= 4 is 17.5 Å². The third-order valence-corrected chi connectivity index (χ3v) is 4.41. The van der Waals surface area contributed by atoms with Crippen molar-refractivity contribution in [2.45, 2.75) is 26.3 Å². The van der Waals surface area contributed by atoms with Gasteiger partial charge in [-0.15, -0.1) is 0 Å².